The third kappa shape index (κ3) is 7.44. The lowest BCUT2D eigenvalue weighted by Crippen LogP contribution is -2.38. The maximum absolute atomic E-state index is 12.3. The van der Waals surface area contributed by atoms with E-state index in [2.05, 4.69) is 17.9 Å². The van der Waals surface area contributed by atoms with Crippen LogP contribution in [0.4, 0.5) is 0 Å². The Balaban J connectivity index is 1.26. The largest absolute Gasteiger partial charge is 0.482 e. The number of ether oxygens (including phenoxy) is 3. The van der Waals surface area contributed by atoms with E-state index in [0.717, 1.165) is 83.5 Å². The van der Waals surface area contributed by atoms with Crippen molar-refractivity contribution in [3.05, 3.63) is 29.3 Å². The number of rotatable bonds is 13. The van der Waals surface area contributed by atoms with Crippen LogP contribution in [-0.2, 0) is 27.1 Å². The summed E-state index contributed by atoms with van der Waals surface area (Å²) in [6.07, 6.45) is 7.98. The van der Waals surface area contributed by atoms with Crippen molar-refractivity contribution in [1.82, 2.24) is 4.90 Å². The van der Waals surface area contributed by atoms with Crippen LogP contribution in [0.1, 0.15) is 63.0 Å². The van der Waals surface area contributed by atoms with E-state index in [0.29, 0.717) is 18.4 Å². The van der Waals surface area contributed by atoms with E-state index in [-0.39, 0.29) is 30.7 Å². The third-order valence-electron chi connectivity index (χ3n) is 8.44. The molecule has 0 spiro atoms. The van der Waals surface area contributed by atoms with Gasteiger partial charge in [-0.25, -0.2) is 4.79 Å². The Labute approximate surface area is 216 Å². The van der Waals surface area contributed by atoms with Gasteiger partial charge in [0.05, 0.1) is 25.4 Å². The number of aliphatic hydroxyl groups excluding tert-OH is 2. The van der Waals surface area contributed by atoms with E-state index in [9.17, 15) is 15.0 Å². The summed E-state index contributed by atoms with van der Waals surface area (Å²) in [7, 11) is 0. The van der Waals surface area contributed by atoms with Crippen LogP contribution in [0.25, 0.3) is 0 Å². The summed E-state index contributed by atoms with van der Waals surface area (Å²) in [5.74, 6) is 1.52. The number of esters is 1. The molecule has 0 bridgehead atoms. The highest BCUT2D eigenvalue weighted by Crippen LogP contribution is 2.48. The van der Waals surface area contributed by atoms with Gasteiger partial charge in [0.15, 0.2) is 6.61 Å². The minimum Gasteiger partial charge on any atom is -0.482 e. The van der Waals surface area contributed by atoms with Gasteiger partial charge in [-0.1, -0.05) is 38.3 Å². The number of aliphatic hydroxyl groups is 2. The Morgan fingerprint density at radius 3 is 2.83 bits per heavy atom. The molecule has 7 nitrogen and oxygen atoms in total. The molecule has 1 aliphatic heterocycles. The summed E-state index contributed by atoms with van der Waals surface area (Å²) in [6, 6.07) is 6.09. The average molecular weight is 504 g/mol. The predicted molar refractivity (Wildman–Crippen MR) is 138 cm³/mol. The van der Waals surface area contributed by atoms with Gasteiger partial charge in [0.1, 0.15) is 12.4 Å². The summed E-state index contributed by atoms with van der Waals surface area (Å²) in [4.78, 5) is 14.5. The van der Waals surface area contributed by atoms with Crippen molar-refractivity contribution in [3.8, 4) is 5.75 Å². The quantitative estimate of drug-likeness (QED) is 0.315. The van der Waals surface area contributed by atoms with Crippen molar-refractivity contribution in [2.75, 3.05) is 46.1 Å². The Hall–Kier alpha value is -1.67. The number of nitrogens with zero attached hydrogens (tertiary/aromatic N) is 1. The second-order valence-electron chi connectivity index (χ2n) is 10.9. The monoisotopic (exact) mass is 503 g/mol. The van der Waals surface area contributed by atoms with E-state index >= 15 is 0 Å². The topological polar surface area (TPSA) is 88.5 Å². The first-order valence-corrected chi connectivity index (χ1v) is 14.1. The van der Waals surface area contributed by atoms with Gasteiger partial charge >= 0.3 is 5.97 Å². The maximum Gasteiger partial charge on any atom is 0.344 e. The molecule has 7 heteroatoms. The Kier molecular flexibility index (Phi) is 10.5. The number of morpholine rings is 1. The molecule has 0 amide bonds. The number of hydrogen-bond acceptors (Lipinski definition) is 7. The molecule has 3 aliphatic rings. The van der Waals surface area contributed by atoms with Crippen LogP contribution >= 0.6 is 0 Å². The van der Waals surface area contributed by atoms with E-state index in [1.54, 1.807) is 0 Å². The first kappa shape index (κ1) is 27.4. The number of carbonyl (C=O) groups excluding carboxylic acids is 1. The molecule has 2 aliphatic carbocycles. The highest BCUT2D eigenvalue weighted by atomic mass is 16.6. The average Bonchev–Trinajstić information content (AvgIpc) is 3.19. The van der Waals surface area contributed by atoms with E-state index in [4.69, 9.17) is 14.2 Å². The number of benzene rings is 1. The Morgan fingerprint density at radius 1 is 1.19 bits per heavy atom. The molecule has 2 N–H and O–H groups in total. The summed E-state index contributed by atoms with van der Waals surface area (Å²) in [5, 5.41) is 21.3. The van der Waals surface area contributed by atoms with Crippen molar-refractivity contribution < 1.29 is 29.2 Å². The van der Waals surface area contributed by atoms with Gasteiger partial charge in [-0.3, -0.25) is 4.90 Å². The van der Waals surface area contributed by atoms with Crippen LogP contribution in [0.15, 0.2) is 18.2 Å². The standard InChI is InChI=1S/C29H45NO6/c1-2-3-4-7-23(31)9-10-24-25-17-21-6-5-8-28(26(21)18-22(25)19-27(24)32)36-20-29(33)35-16-13-30-11-14-34-15-12-30/h5-6,8,22-25,27,31-32H,2-4,7,9-20H2,1H3. The highest BCUT2D eigenvalue weighted by molar-refractivity contribution is 5.71. The van der Waals surface area contributed by atoms with Crippen LogP contribution in [-0.4, -0.2) is 79.4 Å². The Bertz CT molecular complexity index is 826. The minimum absolute atomic E-state index is 0.0885. The lowest BCUT2D eigenvalue weighted by Gasteiger charge is -2.32. The molecule has 1 saturated carbocycles. The number of hydrogen-bond donors (Lipinski definition) is 2. The molecule has 0 radical (unpaired) electrons. The maximum atomic E-state index is 12.3. The zero-order chi connectivity index (χ0) is 25.3. The van der Waals surface area contributed by atoms with Gasteiger partial charge in [-0.05, 0) is 73.5 Å². The smallest absolute Gasteiger partial charge is 0.344 e. The fraction of sp³-hybridized carbons (Fsp3) is 0.759. The zero-order valence-electron chi connectivity index (χ0n) is 21.9. The van der Waals surface area contributed by atoms with E-state index in [1.807, 2.05) is 12.1 Å². The van der Waals surface area contributed by atoms with E-state index in [1.165, 1.54) is 24.0 Å². The second kappa shape index (κ2) is 13.8. The van der Waals surface area contributed by atoms with Gasteiger partial charge in [0.25, 0.3) is 0 Å². The molecule has 5 unspecified atom stereocenters. The van der Waals surface area contributed by atoms with Gasteiger partial charge in [-0.2, -0.15) is 0 Å². The van der Waals surface area contributed by atoms with Crippen LogP contribution in [0.3, 0.4) is 0 Å². The number of fused-ring (bicyclic) bond motifs is 2. The molecule has 1 heterocycles. The van der Waals surface area contributed by atoms with Crippen molar-refractivity contribution in [3.63, 3.8) is 0 Å². The summed E-state index contributed by atoms with van der Waals surface area (Å²) < 4.78 is 16.7. The second-order valence-corrected chi connectivity index (χ2v) is 10.9. The lowest BCUT2D eigenvalue weighted by molar-refractivity contribution is -0.146. The normalized spacial score (nSPS) is 26.8. The molecule has 1 saturated heterocycles. The first-order valence-electron chi connectivity index (χ1n) is 14.1. The lowest BCUT2D eigenvalue weighted by atomic mass is 9.73. The molecule has 2 fully saturated rings. The van der Waals surface area contributed by atoms with Gasteiger partial charge in [0, 0.05) is 19.6 Å². The fourth-order valence-corrected chi connectivity index (χ4v) is 6.39. The van der Waals surface area contributed by atoms with Crippen molar-refractivity contribution in [1.29, 1.82) is 0 Å². The molecule has 202 valence electrons. The van der Waals surface area contributed by atoms with Gasteiger partial charge in [0.2, 0.25) is 0 Å². The molecule has 1 aromatic carbocycles. The van der Waals surface area contributed by atoms with Crippen LogP contribution in [0.2, 0.25) is 0 Å². The zero-order valence-corrected chi connectivity index (χ0v) is 21.9. The molecule has 0 aromatic heterocycles. The molecular weight excluding hydrogens is 458 g/mol. The van der Waals surface area contributed by atoms with Crippen LogP contribution in [0.5, 0.6) is 5.75 Å². The molecule has 5 atom stereocenters. The fourth-order valence-electron chi connectivity index (χ4n) is 6.39. The first-order chi connectivity index (χ1) is 17.5. The molecule has 36 heavy (non-hydrogen) atoms. The van der Waals surface area contributed by atoms with Crippen LogP contribution in [0, 0.1) is 17.8 Å². The van der Waals surface area contributed by atoms with Gasteiger partial charge in [-0.15, -0.1) is 0 Å². The molecule has 1 aromatic rings. The van der Waals surface area contributed by atoms with Crippen molar-refractivity contribution >= 4 is 5.97 Å². The predicted octanol–water partition coefficient (Wildman–Crippen LogP) is 3.37. The minimum atomic E-state index is -0.344. The number of carbonyl (C=O) groups is 1. The van der Waals surface area contributed by atoms with Crippen molar-refractivity contribution in [2.45, 2.75) is 76.9 Å². The van der Waals surface area contributed by atoms with Crippen LogP contribution < -0.4 is 4.74 Å². The SMILES string of the molecule is CCCCCC(O)CCC1C(O)CC2Cc3c(cccc3OCC(=O)OCCN3CCOCC3)CC21. The summed E-state index contributed by atoms with van der Waals surface area (Å²) in [5.41, 5.74) is 2.43. The molecular formula is C29H45NO6. The van der Waals surface area contributed by atoms with E-state index < -0.39 is 0 Å². The van der Waals surface area contributed by atoms with Crippen molar-refractivity contribution in [2.24, 2.45) is 17.8 Å². The number of unbranched alkanes of at least 4 members (excludes halogenated alkanes) is 2. The molecule has 4 rings (SSSR count). The van der Waals surface area contributed by atoms with Gasteiger partial charge < -0.3 is 24.4 Å². The third-order valence-corrected chi connectivity index (χ3v) is 8.44. The Morgan fingerprint density at radius 2 is 2.03 bits per heavy atom. The highest BCUT2D eigenvalue weighted by Gasteiger charge is 2.44. The summed E-state index contributed by atoms with van der Waals surface area (Å²) >= 11 is 0. The summed E-state index contributed by atoms with van der Waals surface area (Å²) in [6.45, 7) is 6.40.